The number of rotatable bonds is 5. The first-order valence-corrected chi connectivity index (χ1v) is 4.86. The van der Waals surface area contributed by atoms with Crippen molar-refractivity contribution in [2.45, 2.75) is 19.8 Å². The van der Waals surface area contributed by atoms with Gasteiger partial charge in [-0.2, -0.15) is 0 Å². The molecule has 0 radical (unpaired) electrons. The van der Waals surface area contributed by atoms with Crippen molar-refractivity contribution in [1.29, 1.82) is 0 Å². The van der Waals surface area contributed by atoms with Crippen LogP contribution in [0.4, 0.5) is 0 Å². The second kappa shape index (κ2) is 5.76. The fraction of sp³-hybridized carbons (Fsp3) is 0.500. The molecule has 1 nitrogen and oxygen atoms in total. The highest BCUT2D eigenvalue weighted by atomic mass is 16.5. The normalized spacial score (nSPS) is 12.8. The molecule has 0 aromatic heterocycles. The summed E-state index contributed by atoms with van der Waals surface area (Å²) < 4.78 is 5.05. The Balaban J connectivity index is 2.32. The average molecular weight is 178 g/mol. The first-order valence-electron chi connectivity index (χ1n) is 4.86. The van der Waals surface area contributed by atoms with Crippen LogP contribution in [0, 0.1) is 5.92 Å². The van der Waals surface area contributed by atoms with Gasteiger partial charge in [0.05, 0.1) is 0 Å². The summed E-state index contributed by atoms with van der Waals surface area (Å²) in [7, 11) is 1.76. The number of methoxy groups -OCH3 is 1. The first kappa shape index (κ1) is 10.3. The van der Waals surface area contributed by atoms with Gasteiger partial charge in [-0.3, -0.25) is 0 Å². The maximum absolute atomic E-state index is 5.05. The van der Waals surface area contributed by atoms with Crippen molar-refractivity contribution in [2.75, 3.05) is 13.7 Å². The maximum Gasteiger partial charge on any atom is 0.0464 e. The second-order valence-corrected chi connectivity index (χ2v) is 3.58. The lowest BCUT2D eigenvalue weighted by Gasteiger charge is -2.10. The van der Waals surface area contributed by atoms with Crippen LogP contribution < -0.4 is 0 Å². The molecule has 72 valence electrons. The molecule has 0 saturated heterocycles. The van der Waals surface area contributed by atoms with Gasteiger partial charge in [-0.25, -0.2) is 0 Å². The number of hydrogen-bond acceptors (Lipinski definition) is 1. The van der Waals surface area contributed by atoms with Crippen molar-refractivity contribution in [2.24, 2.45) is 5.92 Å². The summed E-state index contributed by atoms with van der Waals surface area (Å²) in [6.45, 7) is 3.14. The van der Waals surface area contributed by atoms with Gasteiger partial charge in [0, 0.05) is 13.7 Å². The minimum Gasteiger partial charge on any atom is -0.385 e. The van der Waals surface area contributed by atoms with Crippen LogP contribution in [0.15, 0.2) is 30.3 Å². The van der Waals surface area contributed by atoms with Gasteiger partial charge in [0.2, 0.25) is 0 Å². The fourth-order valence-electron chi connectivity index (χ4n) is 1.44. The van der Waals surface area contributed by atoms with Gasteiger partial charge in [0.15, 0.2) is 0 Å². The molecule has 0 N–H and O–H groups in total. The molecule has 13 heavy (non-hydrogen) atoms. The molecule has 0 heterocycles. The minimum atomic E-state index is 0.711. The predicted octanol–water partition coefficient (Wildman–Crippen LogP) is 2.90. The Bertz CT molecular complexity index is 218. The summed E-state index contributed by atoms with van der Waals surface area (Å²) in [5.41, 5.74) is 1.42. The van der Waals surface area contributed by atoms with Gasteiger partial charge < -0.3 is 4.74 Å². The van der Waals surface area contributed by atoms with Gasteiger partial charge in [0.25, 0.3) is 0 Å². The van der Waals surface area contributed by atoms with E-state index in [9.17, 15) is 0 Å². The van der Waals surface area contributed by atoms with E-state index >= 15 is 0 Å². The SMILES string of the molecule is COCC[C@@H](C)Cc1ccccc1. The standard InChI is InChI=1S/C12H18O/c1-11(8-9-13-2)10-12-6-4-3-5-7-12/h3-7,11H,8-10H2,1-2H3/t11-/m1/s1. The summed E-state index contributed by atoms with van der Waals surface area (Å²) in [6.07, 6.45) is 2.30. The Kier molecular flexibility index (Phi) is 4.55. The van der Waals surface area contributed by atoms with Crippen LogP contribution in [0.5, 0.6) is 0 Å². The van der Waals surface area contributed by atoms with Gasteiger partial charge >= 0.3 is 0 Å². The molecule has 0 aliphatic heterocycles. The number of ether oxygens (including phenoxy) is 1. The predicted molar refractivity (Wildman–Crippen MR) is 55.8 cm³/mol. The Morgan fingerprint density at radius 1 is 1.23 bits per heavy atom. The molecule has 1 aromatic carbocycles. The molecule has 0 amide bonds. The number of benzene rings is 1. The third kappa shape index (κ3) is 4.09. The molecule has 1 rings (SSSR count). The fourth-order valence-corrected chi connectivity index (χ4v) is 1.44. The Labute approximate surface area is 80.7 Å². The van der Waals surface area contributed by atoms with Crippen LogP contribution in [0.3, 0.4) is 0 Å². The van der Waals surface area contributed by atoms with E-state index in [2.05, 4.69) is 37.3 Å². The summed E-state index contributed by atoms with van der Waals surface area (Å²) in [5, 5.41) is 0. The van der Waals surface area contributed by atoms with Crippen molar-refractivity contribution >= 4 is 0 Å². The van der Waals surface area contributed by atoms with Gasteiger partial charge in [-0.15, -0.1) is 0 Å². The Hall–Kier alpha value is -0.820. The van der Waals surface area contributed by atoms with Gasteiger partial charge in [0.1, 0.15) is 0 Å². The van der Waals surface area contributed by atoms with Crippen molar-refractivity contribution in [3.63, 3.8) is 0 Å². The largest absolute Gasteiger partial charge is 0.385 e. The number of hydrogen-bond donors (Lipinski definition) is 0. The van der Waals surface area contributed by atoms with Crippen LogP contribution in [-0.2, 0) is 11.2 Å². The summed E-state index contributed by atoms with van der Waals surface area (Å²) in [6, 6.07) is 10.6. The lowest BCUT2D eigenvalue weighted by atomic mass is 9.99. The molecule has 1 atom stereocenters. The van der Waals surface area contributed by atoms with Crippen molar-refractivity contribution in [3.05, 3.63) is 35.9 Å². The van der Waals surface area contributed by atoms with Gasteiger partial charge in [-0.05, 0) is 24.3 Å². The maximum atomic E-state index is 5.05. The van der Waals surface area contributed by atoms with Crippen LogP contribution >= 0.6 is 0 Å². The third-order valence-corrected chi connectivity index (χ3v) is 2.24. The molecule has 0 unspecified atom stereocenters. The topological polar surface area (TPSA) is 9.23 Å². The van der Waals surface area contributed by atoms with E-state index in [0.29, 0.717) is 5.92 Å². The molecule has 0 spiro atoms. The van der Waals surface area contributed by atoms with E-state index in [1.807, 2.05) is 0 Å². The van der Waals surface area contributed by atoms with Gasteiger partial charge in [-0.1, -0.05) is 37.3 Å². The van der Waals surface area contributed by atoms with Crippen LogP contribution in [0.25, 0.3) is 0 Å². The molecule has 0 fully saturated rings. The molecule has 1 aromatic rings. The molecular formula is C12H18O. The Morgan fingerprint density at radius 3 is 2.54 bits per heavy atom. The first-order chi connectivity index (χ1) is 6.33. The molecule has 0 aliphatic rings. The van der Waals surface area contributed by atoms with E-state index in [-0.39, 0.29) is 0 Å². The molecule has 1 heteroatoms. The van der Waals surface area contributed by atoms with E-state index < -0.39 is 0 Å². The van der Waals surface area contributed by atoms with E-state index in [4.69, 9.17) is 4.74 Å². The molecule has 0 bridgehead atoms. The highest BCUT2D eigenvalue weighted by molar-refractivity contribution is 5.14. The van der Waals surface area contributed by atoms with Crippen LogP contribution in [-0.4, -0.2) is 13.7 Å². The molecule has 0 aliphatic carbocycles. The quantitative estimate of drug-likeness (QED) is 0.673. The van der Waals surface area contributed by atoms with E-state index in [0.717, 1.165) is 19.4 Å². The summed E-state index contributed by atoms with van der Waals surface area (Å²) in [4.78, 5) is 0. The second-order valence-electron chi connectivity index (χ2n) is 3.58. The average Bonchev–Trinajstić information content (AvgIpc) is 2.16. The van der Waals surface area contributed by atoms with Crippen LogP contribution in [0.2, 0.25) is 0 Å². The monoisotopic (exact) mass is 178 g/mol. The third-order valence-electron chi connectivity index (χ3n) is 2.24. The Morgan fingerprint density at radius 2 is 1.92 bits per heavy atom. The van der Waals surface area contributed by atoms with Crippen molar-refractivity contribution in [1.82, 2.24) is 0 Å². The molecule has 0 saturated carbocycles. The van der Waals surface area contributed by atoms with E-state index in [1.165, 1.54) is 5.56 Å². The lowest BCUT2D eigenvalue weighted by molar-refractivity contribution is 0.180. The minimum absolute atomic E-state index is 0.711. The van der Waals surface area contributed by atoms with Crippen molar-refractivity contribution < 1.29 is 4.74 Å². The zero-order chi connectivity index (χ0) is 9.52. The zero-order valence-corrected chi connectivity index (χ0v) is 8.49. The van der Waals surface area contributed by atoms with E-state index in [1.54, 1.807) is 7.11 Å². The lowest BCUT2D eigenvalue weighted by Crippen LogP contribution is -2.03. The smallest absolute Gasteiger partial charge is 0.0464 e. The zero-order valence-electron chi connectivity index (χ0n) is 8.49. The highest BCUT2D eigenvalue weighted by Gasteiger charge is 2.02. The summed E-state index contributed by atoms with van der Waals surface area (Å²) >= 11 is 0. The molecular weight excluding hydrogens is 160 g/mol. The highest BCUT2D eigenvalue weighted by Crippen LogP contribution is 2.11. The summed E-state index contributed by atoms with van der Waals surface area (Å²) in [5.74, 6) is 0.711. The van der Waals surface area contributed by atoms with Crippen LogP contribution in [0.1, 0.15) is 18.9 Å². The van der Waals surface area contributed by atoms with Crippen molar-refractivity contribution in [3.8, 4) is 0 Å².